The van der Waals surface area contributed by atoms with E-state index in [0.29, 0.717) is 11.3 Å². The number of furan rings is 1. The molecule has 0 spiro atoms. The summed E-state index contributed by atoms with van der Waals surface area (Å²) in [4.78, 5) is 13.1. The summed E-state index contributed by atoms with van der Waals surface area (Å²) >= 11 is 4.91. The van der Waals surface area contributed by atoms with E-state index in [1.165, 1.54) is 11.3 Å². The Morgan fingerprint density at radius 1 is 1.33 bits per heavy atom. The Kier molecular flexibility index (Phi) is 3.90. The minimum absolute atomic E-state index is 0.292. The first-order valence-electron chi connectivity index (χ1n) is 6.22. The molecule has 0 radical (unpaired) electrons. The first-order chi connectivity index (χ1) is 10.1. The van der Waals surface area contributed by atoms with Gasteiger partial charge in [0.25, 0.3) is 0 Å². The lowest BCUT2D eigenvalue weighted by atomic mass is 10.1. The zero-order valence-electron chi connectivity index (χ0n) is 11.1. The quantitative estimate of drug-likeness (QED) is 0.556. The molecule has 0 bridgehead atoms. The van der Waals surface area contributed by atoms with Crippen LogP contribution in [0, 0.1) is 6.92 Å². The molecule has 21 heavy (non-hydrogen) atoms. The van der Waals surface area contributed by atoms with Crippen molar-refractivity contribution in [2.24, 2.45) is 5.10 Å². The van der Waals surface area contributed by atoms with Crippen molar-refractivity contribution in [1.29, 1.82) is 0 Å². The van der Waals surface area contributed by atoms with E-state index < -0.39 is 0 Å². The number of carbonyl (C=O) groups excluding carboxylic acids is 1. The Balaban J connectivity index is 1.78. The minimum Gasteiger partial charge on any atom is -0.451 e. The summed E-state index contributed by atoms with van der Waals surface area (Å²) < 4.78 is 6.59. The molecule has 0 aliphatic carbocycles. The molecule has 1 aromatic carbocycles. The van der Waals surface area contributed by atoms with E-state index in [-0.39, 0.29) is 5.91 Å². The van der Waals surface area contributed by atoms with Crippen LogP contribution in [0.5, 0.6) is 0 Å². The van der Waals surface area contributed by atoms with Crippen molar-refractivity contribution >= 4 is 50.4 Å². The normalized spacial score (nSPS) is 11.3. The van der Waals surface area contributed by atoms with Gasteiger partial charge in [-0.3, -0.25) is 4.79 Å². The standard InChI is InChI=1S/C15H11BrN2O2S/c1-9-11-4-2-3-5-12(11)20-14(9)15(19)18-17-8-10-6-7-13(16)21-10/h2-8H,1H3,(H,18,19)/b17-8-. The predicted molar refractivity (Wildman–Crippen MR) is 88.0 cm³/mol. The monoisotopic (exact) mass is 362 g/mol. The average molecular weight is 363 g/mol. The van der Waals surface area contributed by atoms with Gasteiger partial charge in [-0.2, -0.15) is 5.10 Å². The number of fused-ring (bicyclic) bond motifs is 1. The second-order valence-corrected chi connectivity index (χ2v) is 6.89. The Bertz CT molecular complexity index is 835. The number of thiophene rings is 1. The fourth-order valence-electron chi connectivity index (χ4n) is 1.99. The third kappa shape index (κ3) is 2.91. The second-order valence-electron chi connectivity index (χ2n) is 4.39. The topological polar surface area (TPSA) is 54.6 Å². The molecule has 0 aliphatic heterocycles. The van der Waals surface area contributed by atoms with Gasteiger partial charge in [0.1, 0.15) is 5.58 Å². The van der Waals surface area contributed by atoms with Crippen molar-refractivity contribution in [1.82, 2.24) is 5.43 Å². The molecule has 2 aromatic heterocycles. The van der Waals surface area contributed by atoms with Crippen molar-refractivity contribution in [3.8, 4) is 0 Å². The third-order valence-electron chi connectivity index (χ3n) is 3.00. The highest BCUT2D eigenvalue weighted by atomic mass is 79.9. The van der Waals surface area contributed by atoms with Gasteiger partial charge in [0.2, 0.25) is 0 Å². The lowest BCUT2D eigenvalue weighted by Gasteiger charge is -1.96. The van der Waals surface area contributed by atoms with Crippen LogP contribution < -0.4 is 5.43 Å². The second kappa shape index (κ2) is 5.83. The molecule has 1 N–H and O–H groups in total. The van der Waals surface area contributed by atoms with Gasteiger partial charge in [0.05, 0.1) is 10.0 Å². The zero-order chi connectivity index (χ0) is 14.8. The summed E-state index contributed by atoms with van der Waals surface area (Å²) in [6.45, 7) is 1.86. The number of para-hydroxylation sites is 1. The molecule has 0 fully saturated rings. The molecule has 4 nitrogen and oxygen atoms in total. The van der Waals surface area contributed by atoms with Gasteiger partial charge >= 0.3 is 5.91 Å². The lowest BCUT2D eigenvalue weighted by Crippen LogP contribution is -2.17. The van der Waals surface area contributed by atoms with E-state index in [1.807, 2.05) is 43.3 Å². The highest BCUT2D eigenvalue weighted by molar-refractivity contribution is 9.11. The summed E-state index contributed by atoms with van der Waals surface area (Å²) in [5, 5.41) is 4.89. The van der Waals surface area contributed by atoms with Crippen molar-refractivity contribution in [3.05, 3.63) is 56.4 Å². The van der Waals surface area contributed by atoms with Crippen molar-refractivity contribution in [2.45, 2.75) is 6.92 Å². The maximum absolute atomic E-state index is 12.1. The van der Waals surface area contributed by atoms with Crippen LogP contribution in [0.2, 0.25) is 0 Å². The molecule has 0 saturated carbocycles. The lowest BCUT2D eigenvalue weighted by molar-refractivity contribution is 0.0929. The number of aryl methyl sites for hydroxylation is 1. The number of hydrogen-bond donors (Lipinski definition) is 1. The molecule has 3 rings (SSSR count). The maximum atomic E-state index is 12.1. The molecule has 0 unspecified atom stereocenters. The number of amides is 1. The van der Waals surface area contributed by atoms with E-state index >= 15 is 0 Å². The van der Waals surface area contributed by atoms with Gasteiger partial charge in [-0.15, -0.1) is 11.3 Å². The van der Waals surface area contributed by atoms with Crippen LogP contribution in [0.15, 0.2) is 49.7 Å². The van der Waals surface area contributed by atoms with Gasteiger partial charge in [-0.05, 0) is 41.1 Å². The van der Waals surface area contributed by atoms with Crippen LogP contribution >= 0.6 is 27.3 Å². The van der Waals surface area contributed by atoms with Crippen LogP contribution in [0.25, 0.3) is 11.0 Å². The summed E-state index contributed by atoms with van der Waals surface area (Å²) in [5.74, 6) is -0.0590. The third-order valence-corrected chi connectivity index (χ3v) is 4.56. The van der Waals surface area contributed by atoms with E-state index in [2.05, 4.69) is 26.5 Å². The summed E-state index contributed by atoms with van der Waals surface area (Å²) in [5.41, 5.74) is 4.00. The molecule has 106 valence electrons. The van der Waals surface area contributed by atoms with Crippen LogP contribution in [0.3, 0.4) is 0 Å². The van der Waals surface area contributed by atoms with Crippen molar-refractivity contribution in [3.63, 3.8) is 0 Å². The molecule has 6 heteroatoms. The number of nitrogens with one attached hydrogen (secondary N) is 1. The zero-order valence-corrected chi connectivity index (χ0v) is 13.5. The van der Waals surface area contributed by atoms with Gasteiger partial charge < -0.3 is 4.42 Å². The number of benzene rings is 1. The summed E-state index contributed by atoms with van der Waals surface area (Å²) in [6.07, 6.45) is 1.60. The SMILES string of the molecule is Cc1c(C(=O)N/N=C\c2ccc(Br)s2)oc2ccccc12. The largest absolute Gasteiger partial charge is 0.451 e. The number of nitrogens with zero attached hydrogens (tertiary/aromatic N) is 1. The first kappa shape index (κ1) is 14.0. The Labute approximate surface area is 133 Å². The fraction of sp³-hybridized carbons (Fsp3) is 0.0667. The first-order valence-corrected chi connectivity index (χ1v) is 7.83. The highest BCUT2D eigenvalue weighted by Gasteiger charge is 2.16. The maximum Gasteiger partial charge on any atom is 0.307 e. The molecule has 0 atom stereocenters. The van der Waals surface area contributed by atoms with Gasteiger partial charge in [-0.1, -0.05) is 18.2 Å². The van der Waals surface area contributed by atoms with E-state index in [9.17, 15) is 4.79 Å². The van der Waals surface area contributed by atoms with Gasteiger partial charge in [0.15, 0.2) is 5.76 Å². The van der Waals surface area contributed by atoms with E-state index in [4.69, 9.17) is 4.42 Å². The number of halogens is 1. The Morgan fingerprint density at radius 3 is 2.86 bits per heavy atom. The van der Waals surface area contributed by atoms with Gasteiger partial charge in [-0.25, -0.2) is 5.43 Å². The highest BCUT2D eigenvalue weighted by Crippen LogP contribution is 2.24. The number of rotatable bonds is 3. The Hall–Kier alpha value is -1.92. The van der Waals surface area contributed by atoms with Crippen molar-refractivity contribution < 1.29 is 9.21 Å². The van der Waals surface area contributed by atoms with Crippen LogP contribution in [0.4, 0.5) is 0 Å². The number of carbonyl (C=O) groups is 1. The predicted octanol–water partition coefficient (Wildman–Crippen LogP) is 4.33. The smallest absolute Gasteiger partial charge is 0.307 e. The van der Waals surface area contributed by atoms with Crippen LogP contribution in [-0.4, -0.2) is 12.1 Å². The van der Waals surface area contributed by atoms with E-state index in [0.717, 1.165) is 19.6 Å². The molecule has 2 heterocycles. The number of hydrazone groups is 1. The molecule has 0 aliphatic rings. The molecular weight excluding hydrogens is 352 g/mol. The Morgan fingerprint density at radius 2 is 2.14 bits per heavy atom. The summed E-state index contributed by atoms with van der Waals surface area (Å²) in [6, 6.07) is 11.4. The van der Waals surface area contributed by atoms with Crippen molar-refractivity contribution in [2.75, 3.05) is 0 Å². The molecular formula is C15H11BrN2O2S. The number of hydrogen-bond acceptors (Lipinski definition) is 4. The average Bonchev–Trinajstić information content (AvgIpc) is 3.03. The van der Waals surface area contributed by atoms with Gasteiger partial charge in [0, 0.05) is 15.8 Å². The summed E-state index contributed by atoms with van der Waals surface area (Å²) in [7, 11) is 0. The van der Waals surface area contributed by atoms with Crippen LogP contribution in [-0.2, 0) is 0 Å². The fourth-order valence-corrected chi connectivity index (χ4v) is 3.29. The van der Waals surface area contributed by atoms with E-state index in [1.54, 1.807) is 6.21 Å². The molecule has 1 amide bonds. The van der Waals surface area contributed by atoms with Crippen LogP contribution in [0.1, 0.15) is 21.0 Å². The minimum atomic E-state index is -0.351. The molecule has 0 saturated heterocycles. The molecule has 3 aromatic rings.